The van der Waals surface area contributed by atoms with Crippen molar-refractivity contribution in [2.45, 2.75) is 26.7 Å². The summed E-state index contributed by atoms with van der Waals surface area (Å²) in [6.07, 6.45) is 3.95. The van der Waals surface area contributed by atoms with E-state index in [0.717, 1.165) is 35.2 Å². The summed E-state index contributed by atoms with van der Waals surface area (Å²) in [6.45, 7) is 4.22. The van der Waals surface area contributed by atoms with Crippen LogP contribution in [0.2, 0.25) is 0 Å². The summed E-state index contributed by atoms with van der Waals surface area (Å²) in [6, 6.07) is 10.5. The third-order valence-electron chi connectivity index (χ3n) is 4.33. The number of aryl methyl sites for hydroxylation is 4. The molecule has 1 aromatic carbocycles. The van der Waals surface area contributed by atoms with Gasteiger partial charge in [-0.1, -0.05) is 6.07 Å². The predicted molar refractivity (Wildman–Crippen MR) is 92.6 cm³/mol. The van der Waals surface area contributed by atoms with E-state index in [1.165, 1.54) is 16.8 Å². The van der Waals surface area contributed by atoms with Crippen LogP contribution in [0.3, 0.4) is 0 Å². The van der Waals surface area contributed by atoms with E-state index in [2.05, 4.69) is 58.7 Å². The van der Waals surface area contributed by atoms with Gasteiger partial charge in [-0.3, -0.25) is 0 Å². The van der Waals surface area contributed by atoms with Gasteiger partial charge in [-0.15, -0.1) is 0 Å². The summed E-state index contributed by atoms with van der Waals surface area (Å²) in [5.74, 6) is 0.462. The van der Waals surface area contributed by atoms with Crippen molar-refractivity contribution in [3.8, 4) is 0 Å². The molecule has 0 fully saturated rings. The number of imidazole rings is 2. The molecule has 0 aliphatic rings. The van der Waals surface area contributed by atoms with E-state index in [9.17, 15) is 0 Å². The van der Waals surface area contributed by atoms with Crippen molar-refractivity contribution in [3.63, 3.8) is 0 Å². The SMILES string of the molecule is Cc1ccn2c(C)c(CCc3ccc4nc(N)[nH]c4c3)nc2c1. The minimum absolute atomic E-state index is 0.462. The number of aromatic nitrogens is 4. The lowest BCUT2D eigenvalue weighted by atomic mass is 10.1. The molecule has 0 amide bonds. The molecule has 4 aromatic rings. The fourth-order valence-corrected chi connectivity index (χ4v) is 3.05. The molecular formula is C18H19N5. The summed E-state index contributed by atoms with van der Waals surface area (Å²) in [4.78, 5) is 12.1. The molecule has 0 spiro atoms. The first kappa shape index (κ1) is 13.8. The summed E-state index contributed by atoms with van der Waals surface area (Å²) in [7, 11) is 0. The highest BCUT2D eigenvalue weighted by Crippen LogP contribution is 2.18. The maximum Gasteiger partial charge on any atom is 0.198 e. The third-order valence-corrected chi connectivity index (χ3v) is 4.33. The minimum Gasteiger partial charge on any atom is -0.369 e. The van der Waals surface area contributed by atoms with E-state index in [-0.39, 0.29) is 0 Å². The Bertz CT molecular complexity index is 1010. The highest BCUT2D eigenvalue weighted by atomic mass is 15.0. The van der Waals surface area contributed by atoms with Crippen LogP contribution in [0.4, 0.5) is 5.95 Å². The average molecular weight is 305 g/mol. The quantitative estimate of drug-likeness (QED) is 0.610. The van der Waals surface area contributed by atoms with Gasteiger partial charge in [0.15, 0.2) is 5.95 Å². The molecule has 23 heavy (non-hydrogen) atoms. The van der Waals surface area contributed by atoms with Crippen molar-refractivity contribution in [1.82, 2.24) is 19.4 Å². The fraction of sp³-hybridized carbons (Fsp3) is 0.222. The molecule has 0 saturated carbocycles. The Balaban J connectivity index is 1.61. The second-order valence-corrected chi connectivity index (χ2v) is 6.05. The molecule has 0 saturated heterocycles. The number of rotatable bonds is 3. The number of nitrogen functional groups attached to an aromatic ring is 1. The second-order valence-electron chi connectivity index (χ2n) is 6.05. The van der Waals surface area contributed by atoms with E-state index < -0.39 is 0 Å². The molecule has 0 radical (unpaired) electrons. The van der Waals surface area contributed by atoms with Crippen molar-refractivity contribution in [3.05, 3.63) is 59.0 Å². The van der Waals surface area contributed by atoms with Crippen LogP contribution in [0, 0.1) is 13.8 Å². The molecule has 0 atom stereocenters. The number of H-pyrrole nitrogens is 1. The standard InChI is InChI=1S/C18H19N5/c1-11-7-8-23-12(2)14(20-17(23)9-11)5-3-13-4-6-15-16(10-13)22-18(19)21-15/h4,6-10H,3,5H2,1-2H3,(H3,19,21,22). The van der Waals surface area contributed by atoms with E-state index in [4.69, 9.17) is 10.7 Å². The van der Waals surface area contributed by atoms with Crippen LogP contribution < -0.4 is 5.73 Å². The van der Waals surface area contributed by atoms with Crippen LogP contribution in [0.1, 0.15) is 22.5 Å². The lowest BCUT2D eigenvalue weighted by Gasteiger charge is -2.01. The molecule has 0 unspecified atom stereocenters. The topological polar surface area (TPSA) is 72.0 Å². The first-order chi connectivity index (χ1) is 11.1. The van der Waals surface area contributed by atoms with E-state index in [1.54, 1.807) is 0 Å². The Labute approximate surface area is 134 Å². The Morgan fingerprint density at radius 2 is 1.96 bits per heavy atom. The van der Waals surface area contributed by atoms with Crippen LogP contribution in [0.15, 0.2) is 36.5 Å². The summed E-state index contributed by atoms with van der Waals surface area (Å²) in [5.41, 5.74) is 13.5. The van der Waals surface area contributed by atoms with Crippen molar-refractivity contribution in [2.75, 3.05) is 5.73 Å². The molecule has 3 aromatic heterocycles. The van der Waals surface area contributed by atoms with Gasteiger partial charge in [0.05, 0.1) is 16.7 Å². The number of aromatic amines is 1. The molecule has 5 nitrogen and oxygen atoms in total. The smallest absolute Gasteiger partial charge is 0.198 e. The van der Waals surface area contributed by atoms with E-state index in [0.29, 0.717) is 5.95 Å². The normalized spacial score (nSPS) is 11.6. The van der Waals surface area contributed by atoms with Gasteiger partial charge in [0.2, 0.25) is 0 Å². The number of nitrogens with zero attached hydrogens (tertiary/aromatic N) is 3. The third kappa shape index (κ3) is 2.44. The number of nitrogens with one attached hydrogen (secondary N) is 1. The highest BCUT2D eigenvalue weighted by molar-refractivity contribution is 5.77. The Morgan fingerprint density at radius 3 is 2.83 bits per heavy atom. The minimum atomic E-state index is 0.462. The van der Waals surface area contributed by atoms with Crippen LogP contribution in [-0.2, 0) is 12.8 Å². The lowest BCUT2D eigenvalue weighted by Crippen LogP contribution is -1.95. The molecule has 0 aliphatic heterocycles. The number of fused-ring (bicyclic) bond motifs is 2. The number of pyridine rings is 1. The lowest BCUT2D eigenvalue weighted by molar-refractivity contribution is 0.912. The van der Waals surface area contributed by atoms with Crippen molar-refractivity contribution in [2.24, 2.45) is 0 Å². The number of anilines is 1. The maximum absolute atomic E-state index is 5.70. The largest absolute Gasteiger partial charge is 0.369 e. The van der Waals surface area contributed by atoms with Crippen molar-refractivity contribution >= 4 is 22.6 Å². The zero-order chi connectivity index (χ0) is 16.0. The number of hydrogen-bond donors (Lipinski definition) is 2. The van der Waals surface area contributed by atoms with Gasteiger partial charge in [0.25, 0.3) is 0 Å². The molecule has 0 bridgehead atoms. The van der Waals surface area contributed by atoms with E-state index in [1.807, 2.05) is 6.07 Å². The second kappa shape index (κ2) is 5.12. The summed E-state index contributed by atoms with van der Waals surface area (Å²) >= 11 is 0. The van der Waals surface area contributed by atoms with Gasteiger partial charge in [-0.05, 0) is 62.1 Å². The highest BCUT2D eigenvalue weighted by Gasteiger charge is 2.09. The Kier molecular flexibility index (Phi) is 3.08. The van der Waals surface area contributed by atoms with Crippen molar-refractivity contribution < 1.29 is 0 Å². The average Bonchev–Trinajstić information content (AvgIpc) is 3.03. The van der Waals surface area contributed by atoms with E-state index >= 15 is 0 Å². The zero-order valence-electron chi connectivity index (χ0n) is 13.3. The van der Waals surface area contributed by atoms with Gasteiger partial charge in [-0.2, -0.15) is 0 Å². The summed E-state index contributed by atoms with van der Waals surface area (Å²) < 4.78 is 2.15. The van der Waals surface area contributed by atoms with Crippen LogP contribution in [0.5, 0.6) is 0 Å². The predicted octanol–water partition coefficient (Wildman–Crippen LogP) is 3.19. The van der Waals surface area contributed by atoms with Crippen LogP contribution in [-0.4, -0.2) is 19.4 Å². The van der Waals surface area contributed by atoms with Crippen molar-refractivity contribution in [1.29, 1.82) is 0 Å². The Hall–Kier alpha value is -2.82. The molecular weight excluding hydrogens is 286 g/mol. The van der Waals surface area contributed by atoms with Gasteiger partial charge in [0.1, 0.15) is 5.65 Å². The number of nitrogens with two attached hydrogens (primary N) is 1. The van der Waals surface area contributed by atoms with Gasteiger partial charge in [0, 0.05) is 11.9 Å². The van der Waals surface area contributed by atoms with Gasteiger partial charge in [-0.25, -0.2) is 9.97 Å². The van der Waals surface area contributed by atoms with Crippen LogP contribution >= 0.6 is 0 Å². The number of hydrogen-bond acceptors (Lipinski definition) is 3. The fourth-order valence-electron chi connectivity index (χ4n) is 3.05. The Morgan fingerprint density at radius 1 is 1.09 bits per heavy atom. The van der Waals surface area contributed by atoms with Crippen LogP contribution in [0.25, 0.3) is 16.7 Å². The summed E-state index contributed by atoms with van der Waals surface area (Å²) in [5, 5.41) is 0. The molecule has 116 valence electrons. The molecule has 5 heteroatoms. The zero-order valence-corrected chi connectivity index (χ0v) is 13.3. The maximum atomic E-state index is 5.70. The number of benzene rings is 1. The van der Waals surface area contributed by atoms with Gasteiger partial charge < -0.3 is 15.1 Å². The monoisotopic (exact) mass is 305 g/mol. The molecule has 4 rings (SSSR count). The molecule has 3 N–H and O–H groups in total. The first-order valence-electron chi connectivity index (χ1n) is 7.78. The first-order valence-corrected chi connectivity index (χ1v) is 7.78. The molecule has 3 heterocycles. The van der Waals surface area contributed by atoms with Gasteiger partial charge >= 0.3 is 0 Å². The molecule has 0 aliphatic carbocycles.